The van der Waals surface area contributed by atoms with Crippen LogP contribution >= 0.6 is 0 Å². The highest BCUT2D eigenvalue weighted by Gasteiger charge is 2.52. The summed E-state index contributed by atoms with van der Waals surface area (Å²) in [6, 6.07) is 0. The number of hydrogen-bond acceptors (Lipinski definition) is 3. The van der Waals surface area contributed by atoms with Gasteiger partial charge in [-0.1, -0.05) is 6.92 Å². The van der Waals surface area contributed by atoms with Crippen molar-refractivity contribution >= 4 is 11.8 Å². The standard InChI is InChI=1S/C18H28N2O3/c1-12-6-15(12)17(22)20-10-18(11-20)5-4-14(9-23-18)8-19-16(21)7-13-2-3-13/h12-15H,2-11H2,1H3,(H,19,21)/t12-,14-,15+/m1/s1. The number of rotatable bonds is 5. The van der Waals surface area contributed by atoms with Gasteiger partial charge in [-0.05, 0) is 49.9 Å². The summed E-state index contributed by atoms with van der Waals surface area (Å²) in [5, 5.41) is 3.06. The van der Waals surface area contributed by atoms with Gasteiger partial charge < -0.3 is 15.0 Å². The Bertz CT molecular complexity index is 486. The molecule has 4 fully saturated rings. The van der Waals surface area contributed by atoms with Crippen LogP contribution in [0.15, 0.2) is 0 Å². The van der Waals surface area contributed by atoms with Crippen molar-refractivity contribution in [3.63, 3.8) is 0 Å². The molecule has 1 spiro atoms. The van der Waals surface area contributed by atoms with Crippen LogP contribution in [0.5, 0.6) is 0 Å². The first-order valence-corrected chi connectivity index (χ1v) is 9.24. The van der Waals surface area contributed by atoms with Gasteiger partial charge in [-0.25, -0.2) is 0 Å². The maximum atomic E-state index is 12.2. The molecule has 1 N–H and O–H groups in total. The Balaban J connectivity index is 1.15. The second-order valence-electron chi connectivity index (χ2n) is 8.36. The zero-order valence-electron chi connectivity index (χ0n) is 14.1. The first-order valence-electron chi connectivity index (χ1n) is 9.24. The van der Waals surface area contributed by atoms with Crippen molar-refractivity contribution in [2.75, 3.05) is 26.2 Å². The predicted molar refractivity (Wildman–Crippen MR) is 85.6 cm³/mol. The quantitative estimate of drug-likeness (QED) is 0.836. The smallest absolute Gasteiger partial charge is 0.226 e. The van der Waals surface area contributed by atoms with Crippen LogP contribution in [0.1, 0.15) is 45.4 Å². The van der Waals surface area contributed by atoms with Gasteiger partial charge in [-0.15, -0.1) is 0 Å². The topological polar surface area (TPSA) is 58.6 Å². The van der Waals surface area contributed by atoms with Gasteiger partial charge in [0, 0.05) is 18.9 Å². The average Bonchev–Trinajstić information content (AvgIpc) is 3.41. The number of carbonyl (C=O) groups excluding carboxylic acids is 2. The van der Waals surface area contributed by atoms with Crippen molar-refractivity contribution in [1.29, 1.82) is 0 Å². The van der Waals surface area contributed by atoms with E-state index < -0.39 is 0 Å². The third-order valence-corrected chi connectivity index (χ3v) is 6.09. The molecule has 0 aromatic heterocycles. The summed E-state index contributed by atoms with van der Waals surface area (Å²) in [7, 11) is 0. The maximum absolute atomic E-state index is 12.2. The minimum atomic E-state index is -0.0810. The van der Waals surface area contributed by atoms with E-state index in [1.807, 2.05) is 4.90 Å². The monoisotopic (exact) mass is 320 g/mol. The van der Waals surface area contributed by atoms with Gasteiger partial charge in [-0.3, -0.25) is 9.59 Å². The molecule has 2 amide bonds. The number of nitrogens with one attached hydrogen (secondary N) is 1. The normalized spacial score (nSPS) is 34.8. The van der Waals surface area contributed by atoms with Gasteiger partial charge in [-0.2, -0.15) is 0 Å². The van der Waals surface area contributed by atoms with Gasteiger partial charge >= 0.3 is 0 Å². The molecule has 0 bridgehead atoms. The number of likely N-dealkylation sites (tertiary alicyclic amines) is 1. The van der Waals surface area contributed by atoms with Crippen LogP contribution in [0, 0.1) is 23.7 Å². The largest absolute Gasteiger partial charge is 0.371 e. The van der Waals surface area contributed by atoms with E-state index in [0.717, 1.165) is 38.9 Å². The summed E-state index contributed by atoms with van der Waals surface area (Å²) < 4.78 is 6.10. The molecule has 4 rings (SSSR count). The van der Waals surface area contributed by atoms with Crippen molar-refractivity contribution in [1.82, 2.24) is 10.2 Å². The number of ether oxygens (including phenoxy) is 1. The molecule has 2 aliphatic heterocycles. The van der Waals surface area contributed by atoms with Crippen LogP contribution in [-0.2, 0) is 14.3 Å². The van der Waals surface area contributed by atoms with Crippen LogP contribution < -0.4 is 5.32 Å². The van der Waals surface area contributed by atoms with Crippen LogP contribution in [0.4, 0.5) is 0 Å². The molecule has 4 aliphatic rings. The van der Waals surface area contributed by atoms with E-state index in [2.05, 4.69) is 12.2 Å². The fourth-order valence-corrected chi connectivity index (χ4v) is 3.95. The molecule has 128 valence electrons. The number of hydrogen-bond donors (Lipinski definition) is 1. The molecule has 0 aromatic carbocycles. The van der Waals surface area contributed by atoms with Crippen molar-refractivity contribution < 1.29 is 14.3 Å². The Morgan fingerprint density at radius 3 is 2.52 bits per heavy atom. The summed E-state index contributed by atoms with van der Waals surface area (Å²) in [4.78, 5) is 25.9. The lowest BCUT2D eigenvalue weighted by atomic mass is 9.82. The highest BCUT2D eigenvalue weighted by Crippen LogP contribution is 2.43. The van der Waals surface area contributed by atoms with Crippen LogP contribution in [0.2, 0.25) is 0 Å². The lowest BCUT2D eigenvalue weighted by Gasteiger charge is -2.53. The molecule has 5 nitrogen and oxygen atoms in total. The fourth-order valence-electron chi connectivity index (χ4n) is 3.95. The molecule has 2 saturated heterocycles. The van der Waals surface area contributed by atoms with Gasteiger partial charge in [0.15, 0.2) is 0 Å². The minimum Gasteiger partial charge on any atom is -0.371 e. The molecular weight excluding hydrogens is 292 g/mol. The summed E-state index contributed by atoms with van der Waals surface area (Å²) in [5.74, 6) is 2.47. The highest BCUT2D eigenvalue weighted by molar-refractivity contribution is 5.82. The molecule has 2 aliphatic carbocycles. The SMILES string of the molecule is C[C@@H]1C[C@@H]1C(=O)N1CC2(CC[C@H](CNC(=O)CC3CC3)CO2)C1. The average molecular weight is 320 g/mol. The molecule has 3 atom stereocenters. The molecule has 23 heavy (non-hydrogen) atoms. The highest BCUT2D eigenvalue weighted by atomic mass is 16.5. The minimum absolute atomic E-state index is 0.0810. The van der Waals surface area contributed by atoms with Crippen LogP contribution in [-0.4, -0.2) is 48.6 Å². The Labute approximate surface area is 138 Å². The zero-order chi connectivity index (χ0) is 16.0. The summed E-state index contributed by atoms with van der Waals surface area (Å²) in [6.07, 6.45) is 6.31. The van der Waals surface area contributed by atoms with Gasteiger partial charge in [0.25, 0.3) is 0 Å². The van der Waals surface area contributed by atoms with E-state index in [0.29, 0.717) is 36.7 Å². The maximum Gasteiger partial charge on any atom is 0.226 e. The van der Waals surface area contributed by atoms with E-state index in [1.54, 1.807) is 0 Å². The second-order valence-corrected chi connectivity index (χ2v) is 8.36. The number of amides is 2. The van der Waals surface area contributed by atoms with E-state index in [1.165, 1.54) is 12.8 Å². The zero-order valence-corrected chi connectivity index (χ0v) is 14.1. The molecule has 0 aromatic rings. The van der Waals surface area contributed by atoms with Gasteiger partial charge in [0.2, 0.25) is 11.8 Å². The lowest BCUT2D eigenvalue weighted by molar-refractivity contribution is -0.189. The Hall–Kier alpha value is -1.10. The molecular formula is C18H28N2O3. The van der Waals surface area contributed by atoms with Crippen LogP contribution in [0.3, 0.4) is 0 Å². The first kappa shape index (κ1) is 15.4. The molecule has 2 heterocycles. The predicted octanol–water partition coefficient (Wildman–Crippen LogP) is 1.57. The Morgan fingerprint density at radius 1 is 1.22 bits per heavy atom. The van der Waals surface area contributed by atoms with Crippen LogP contribution in [0.25, 0.3) is 0 Å². The third kappa shape index (κ3) is 3.39. The molecule has 0 radical (unpaired) electrons. The first-order chi connectivity index (χ1) is 11.0. The Morgan fingerprint density at radius 2 is 1.96 bits per heavy atom. The summed E-state index contributed by atoms with van der Waals surface area (Å²) >= 11 is 0. The summed E-state index contributed by atoms with van der Waals surface area (Å²) in [6.45, 7) is 5.15. The number of nitrogens with zero attached hydrogens (tertiary/aromatic N) is 1. The number of carbonyl (C=O) groups is 2. The summed E-state index contributed by atoms with van der Waals surface area (Å²) in [5.41, 5.74) is -0.0810. The van der Waals surface area contributed by atoms with Gasteiger partial charge in [0.05, 0.1) is 19.7 Å². The fraction of sp³-hybridized carbons (Fsp3) is 0.889. The van der Waals surface area contributed by atoms with Gasteiger partial charge in [0.1, 0.15) is 5.60 Å². The van der Waals surface area contributed by atoms with Crippen molar-refractivity contribution in [2.24, 2.45) is 23.7 Å². The van der Waals surface area contributed by atoms with E-state index in [-0.39, 0.29) is 17.4 Å². The van der Waals surface area contributed by atoms with Crippen molar-refractivity contribution in [2.45, 2.75) is 51.0 Å². The lowest BCUT2D eigenvalue weighted by Crippen LogP contribution is -2.66. The van der Waals surface area contributed by atoms with E-state index in [4.69, 9.17) is 4.74 Å². The molecule has 2 saturated carbocycles. The van der Waals surface area contributed by atoms with E-state index >= 15 is 0 Å². The Kier molecular flexibility index (Phi) is 3.87. The van der Waals surface area contributed by atoms with Crippen molar-refractivity contribution in [3.05, 3.63) is 0 Å². The van der Waals surface area contributed by atoms with Crippen molar-refractivity contribution in [3.8, 4) is 0 Å². The molecule has 5 heteroatoms. The third-order valence-electron chi connectivity index (χ3n) is 6.09. The molecule has 0 unspecified atom stereocenters. The second kappa shape index (κ2) is 5.76. The van der Waals surface area contributed by atoms with E-state index in [9.17, 15) is 9.59 Å².